The number of aromatic hydroxyl groups is 1. The summed E-state index contributed by atoms with van der Waals surface area (Å²) in [6.45, 7) is 4.81. The van der Waals surface area contributed by atoms with Gasteiger partial charge < -0.3 is 19.3 Å². The van der Waals surface area contributed by atoms with Crippen molar-refractivity contribution >= 4 is 5.97 Å². The zero-order chi connectivity index (χ0) is 18.6. The number of carbonyl (C=O) groups excluding carboxylic acids is 1. The van der Waals surface area contributed by atoms with E-state index in [0.29, 0.717) is 12.4 Å². The Bertz CT molecular complexity index is 816. The quantitative estimate of drug-likeness (QED) is 0.645. The minimum atomic E-state index is -0.304. The van der Waals surface area contributed by atoms with Crippen molar-refractivity contribution in [3.8, 4) is 17.2 Å². The Labute approximate surface area is 158 Å². The van der Waals surface area contributed by atoms with Gasteiger partial charge in [0.25, 0.3) is 0 Å². The number of hydrogen-bond acceptors (Lipinski definition) is 6. The average molecular weight is 369 g/mol. The van der Waals surface area contributed by atoms with Gasteiger partial charge in [0.2, 0.25) is 0 Å². The number of nitrogens with zero attached hydrogens (tertiary/aromatic N) is 1. The molecule has 6 nitrogen and oxygen atoms in total. The summed E-state index contributed by atoms with van der Waals surface area (Å²) in [5.74, 6) is 0.823. The maximum Gasteiger partial charge on any atom is 0.312 e. The Morgan fingerprint density at radius 2 is 1.93 bits per heavy atom. The topological polar surface area (TPSA) is 68.2 Å². The third kappa shape index (κ3) is 4.07. The lowest BCUT2D eigenvalue weighted by Crippen LogP contribution is -2.38. The van der Waals surface area contributed by atoms with E-state index in [1.165, 1.54) is 6.07 Å². The molecule has 27 heavy (non-hydrogen) atoms. The first-order valence-electron chi connectivity index (χ1n) is 9.26. The molecular formula is C21H23NO5. The van der Waals surface area contributed by atoms with E-state index in [-0.39, 0.29) is 24.1 Å². The molecule has 2 aliphatic heterocycles. The van der Waals surface area contributed by atoms with E-state index in [1.807, 2.05) is 30.3 Å². The number of ether oxygens (including phenoxy) is 3. The van der Waals surface area contributed by atoms with Crippen LogP contribution < -0.4 is 9.47 Å². The van der Waals surface area contributed by atoms with Crippen LogP contribution in [0.1, 0.15) is 23.5 Å². The van der Waals surface area contributed by atoms with E-state index < -0.39 is 0 Å². The average Bonchev–Trinajstić information content (AvgIpc) is 2.68. The van der Waals surface area contributed by atoms with Gasteiger partial charge in [-0.15, -0.1) is 0 Å². The maximum absolute atomic E-state index is 12.1. The number of hydrogen-bond donors (Lipinski definition) is 1. The molecule has 6 heteroatoms. The number of fused-ring (bicyclic) bond motifs is 1. The van der Waals surface area contributed by atoms with Crippen LogP contribution in [-0.2, 0) is 9.53 Å². The van der Waals surface area contributed by atoms with Crippen LogP contribution in [0, 0.1) is 0 Å². The van der Waals surface area contributed by atoms with Crippen LogP contribution in [-0.4, -0.2) is 55.4 Å². The molecule has 2 aromatic rings. The molecule has 0 spiro atoms. The fourth-order valence-corrected chi connectivity index (χ4v) is 3.63. The molecule has 1 unspecified atom stereocenters. The summed E-state index contributed by atoms with van der Waals surface area (Å²) < 4.78 is 16.8. The largest absolute Gasteiger partial charge is 0.508 e. The molecule has 0 saturated carbocycles. The number of esters is 1. The lowest BCUT2D eigenvalue weighted by molar-refractivity contribution is -0.135. The fourth-order valence-electron chi connectivity index (χ4n) is 3.63. The van der Waals surface area contributed by atoms with Crippen LogP contribution >= 0.6 is 0 Å². The minimum Gasteiger partial charge on any atom is -0.508 e. The van der Waals surface area contributed by atoms with Crippen molar-refractivity contribution in [2.45, 2.75) is 12.3 Å². The van der Waals surface area contributed by atoms with Crippen molar-refractivity contribution in [1.29, 1.82) is 0 Å². The minimum absolute atomic E-state index is 0.0808. The number of benzene rings is 2. The number of phenolic OH excluding ortho intramolecular Hbond substituents is 1. The smallest absolute Gasteiger partial charge is 0.312 e. The Balaban J connectivity index is 1.53. The Morgan fingerprint density at radius 1 is 1.11 bits per heavy atom. The van der Waals surface area contributed by atoms with Crippen LogP contribution in [0.3, 0.4) is 0 Å². The lowest BCUT2D eigenvalue weighted by atomic mass is 9.86. The highest BCUT2D eigenvalue weighted by Crippen LogP contribution is 2.42. The first-order valence-corrected chi connectivity index (χ1v) is 9.26. The highest BCUT2D eigenvalue weighted by atomic mass is 16.5. The standard InChI is InChI=1S/C21H23NO5/c23-15-5-6-17-18(14-21(24)27-20(17)13-15)16-3-1-2-4-19(16)26-12-9-22-7-10-25-11-8-22/h1-6,13,18,23H,7-12,14H2. The van der Waals surface area contributed by atoms with Crippen molar-refractivity contribution in [2.75, 3.05) is 39.5 Å². The second-order valence-corrected chi connectivity index (χ2v) is 6.79. The molecule has 0 amide bonds. The van der Waals surface area contributed by atoms with Crippen LogP contribution in [0.5, 0.6) is 17.2 Å². The van der Waals surface area contributed by atoms with Crippen molar-refractivity contribution in [3.63, 3.8) is 0 Å². The normalized spacial score (nSPS) is 20.0. The summed E-state index contributed by atoms with van der Waals surface area (Å²) in [6.07, 6.45) is 0.252. The molecule has 142 valence electrons. The Kier molecular flexibility index (Phi) is 5.27. The van der Waals surface area contributed by atoms with Gasteiger partial charge in [-0.3, -0.25) is 9.69 Å². The molecule has 4 rings (SSSR count). The molecule has 1 fully saturated rings. The summed E-state index contributed by atoms with van der Waals surface area (Å²) in [5.41, 5.74) is 1.85. The molecule has 2 aromatic carbocycles. The second kappa shape index (κ2) is 7.98. The summed E-state index contributed by atoms with van der Waals surface area (Å²) >= 11 is 0. The number of rotatable bonds is 5. The zero-order valence-electron chi connectivity index (χ0n) is 15.1. The molecule has 0 radical (unpaired) electrons. The molecule has 1 saturated heterocycles. The van der Waals surface area contributed by atoms with Gasteiger partial charge in [-0.05, 0) is 12.1 Å². The van der Waals surface area contributed by atoms with Gasteiger partial charge in [0.15, 0.2) is 0 Å². The predicted octanol–water partition coefficient (Wildman–Crippen LogP) is 2.54. The highest BCUT2D eigenvalue weighted by molar-refractivity contribution is 5.78. The van der Waals surface area contributed by atoms with Gasteiger partial charge >= 0.3 is 5.97 Å². The monoisotopic (exact) mass is 369 g/mol. The molecule has 1 N–H and O–H groups in total. The fraction of sp³-hybridized carbons (Fsp3) is 0.381. The number of para-hydroxylation sites is 1. The number of carbonyl (C=O) groups is 1. The van der Waals surface area contributed by atoms with E-state index in [9.17, 15) is 9.90 Å². The maximum atomic E-state index is 12.1. The van der Waals surface area contributed by atoms with Crippen LogP contribution in [0.2, 0.25) is 0 Å². The summed E-state index contributed by atoms with van der Waals surface area (Å²) in [7, 11) is 0. The van der Waals surface area contributed by atoms with E-state index in [0.717, 1.165) is 49.7 Å². The first-order chi connectivity index (χ1) is 13.2. The molecule has 0 aliphatic carbocycles. The van der Waals surface area contributed by atoms with Crippen LogP contribution in [0.4, 0.5) is 0 Å². The van der Waals surface area contributed by atoms with Gasteiger partial charge in [0, 0.05) is 42.7 Å². The van der Waals surface area contributed by atoms with Gasteiger partial charge in [-0.25, -0.2) is 0 Å². The Morgan fingerprint density at radius 3 is 2.78 bits per heavy atom. The van der Waals surface area contributed by atoms with E-state index in [2.05, 4.69) is 4.90 Å². The van der Waals surface area contributed by atoms with E-state index in [4.69, 9.17) is 14.2 Å². The molecule has 2 aliphatic rings. The van der Waals surface area contributed by atoms with E-state index in [1.54, 1.807) is 6.07 Å². The van der Waals surface area contributed by atoms with Crippen molar-refractivity contribution in [3.05, 3.63) is 53.6 Å². The zero-order valence-corrected chi connectivity index (χ0v) is 15.1. The SMILES string of the molecule is O=C1CC(c2ccccc2OCCN2CCOCC2)c2ccc(O)cc2O1. The van der Waals surface area contributed by atoms with Crippen LogP contribution in [0.25, 0.3) is 0 Å². The van der Waals surface area contributed by atoms with E-state index >= 15 is 0 Å². The molecular weight excluding hydrogens is 346 g/mol. The van der Waals surface area contributed by atoms with Crippen molar-refractivity contribution < 1.29 is 24.1 Å². The lowest BCUT2D eigenvalue weighted by Gasteiger charge is -2.28. The highest BCUT2D eigenvalue weighted by Gasteiger charge is 2.30. The first kappa shape index (κ1) is 17.8. The number of phenols is 1. The Hall–Kier alpha value is -2.57. The third-order valence-corrected chi connectivity index (χ3v) is 5.03. The summed E-state index contributed by atoms with van der Waals surface area (Å²) in [4.78, 5) is 14.4. The number of morpholine rings is 1. The predicted molar refractivity (Wildman–Crippen MR) is 99.4 cm³/mol. The van der Waals surface area contributed by atoms with Gasteiger partial charge in [0.1, 0.15) is 23.9 Å². The van der Waals surface area contributed by atoms with Crippen LogP contribution in [0.15, 0.2) is 42.5 Å². The van der Waals surface area contributed by atoms with Crippen molar-refractivity contribution in [1.82, 2.24) is 4.90 Å². The second-order valence-electron chi connectivity index (χ2n) is 6.79. The van der Waals surface area contributed by atoms with Gasteiger partial charge in [0.05, 0.1) is 19.6 Å². The van der Waals surface area contributed by atoms with Gasteiger partial charge in [-0.2, -0.15) is 0 Å². The molecule has 0 aromatic heterocycles. The summed E-state index contributed by atoms with van der Waals surface area (Å²) in [6, 6.07) is 12.7. The third-order valence-electron chi connectivity index (χ3n) is 5.03. The molecule has 0 bridgehead atoms. The molecule has 1 atom stereocenters. The van der Waals surface area contributed by atoms with Crippen molar-refractivity contribution in [2.24, 2.45) is 0 Å². The van der Waals surface area contributed by atoms with Gasteiger partial charge in [-0.1, -0.05) is 24.3 Å². The summed E-state index contributed by atoms with van der Waals surface area (Å²) in [5, 5.41) is 9.70. The molecule has 2 heterocycles.